The molecule has 1 aliphatic heterocycles. The summed E-state index contributed by atoms with van der Waals surface area (Å²) >= 11 is 0. The maximum absolute atomic E-state index is 10.8. The predicted octanol–water partition coefficient (Wildman–Crippen LogP) is 3.30. The maximum Gasteiger partial charge on any atom is 0.332 e. The molecule has 0 spiro atoms. The molecule has 0 saturated carbocycles. The molecular weight excluding hydrogens is 268 g/mol. The highest BCUT2D eigenvalue weighted by molar-refractivity contribution is 5.72. The fraction of sp³-hybridized carbons (Fsp3) is 0.588. The average Bonchev–Trinajstić information content (AvgIpc) is 2.85. The van der Waals surface area contributed by atoms with Gasteiger partial charge in [0, 0.05) is 0 Å². The van der Waals surface area contributed by atoms with Gasteiger partial charge in [-0.3, -0.25) is 0 Å². The van der Waals surface area contributed by atoms with Gasteiger partial charge in [0.1, 0.15) is 12.4 Å². The van der Waals surface area contributed by atoms with E-state index in [1.165, 1.54) is 5.56 Å². The van der Waals surface area contributed by atoms with Gasteiger partial charge in [0.25, 0.3) is 0 Å². The lowest BCUT2D eigenvalue weighted by molar-refractivity contribution is -0.149. The van der Waals surface area contributed by atoms with Crippen molar-refractivity contribution in [2.75, 3.05) is 6.61 Å². The average molecular weight is 292 g/mol. The minimum Gasteiger partial charge on any atom is -0.491 e. The third-order valence-electron chi connectivity index (χ3n) is 3.85. The molecule has 1 fully saturated rings. The van der Waals surface area contributed by atoms with E-state index in [4.69, 9.17) is 14.6 Å². The molecule has 1 saturated heterocycles. The quantitative estimate of drug-likeness (QED) is 0.925. The summed E-state index contributed by atoms with van der Waals surface area (Å²) in [6, 6.07) is 6.21. The summed E-state index contributed by atoms with van der Waals surface area (Å²) in [6.07, 6.45) is 0.484. The van der Waals surface area contributed by atoms with Crippen LogP contribution in [0.3, 0.4) is 0 Å². The van der Waals surface area contributed by atoms with Crippen molar-refractivity contribution >= 4 is 5.97 Å². The number of aliphatic carboxylic acids is 1. The molecule has 1 aromatic rings. The van der Waals surface area contributed by atoms with Gasteiger partial charge in [-0.2, -0.15) is 0 Å². The van der Waals surface area contributed by atoms with Crippen LogP contribution in [0.15, 0.2) is 18.2 Å². The third kappa shape index (κ3) is 3.97. The molecule has 0 amide bonds. The summed E-state index contributed by atoms with van der Waals surface area (Å²) in [5, 5.41) is 8.90. The summed E-state index contributed by atoms with van der Waals surface area (Å²) in [4.78, 5) is 10.8. The van der Waals surface area contributed by atoms with Crippen LogP contribution in [0.1, 0.15) is 44.7 Å². The number of carboxylic acids is 1. The Hall–Kier alpha value is -1.55. The Kier molecular flexibility index (Phi) is 4.57. The number of ether oxygens (including phenoxy) is 2. The van der Waals surface area contributed by atoms with Crippen molar-refractivity contribution in [2.45, 2.75) is 58.2 Å². The summed E-state index contributed by atoms with van der Waals surface area (Å²) in [6.45, 7) is 8.97. The Bertz CT molecular complexity index is 516. The number of benzene rings is 1. The SMILES string of the molecule is Cc1cc(C(C)(C)C)ccc1OCC1CCC(C(=O)O)O1. The van der Waals surface area contributed by atoms with Gasteiger partial charge in [-0.15, -0.1) is 0 Å². The number of carbonyl (C=O) groups is 1. The summed E-state index contributed by atoms with van der Waals surface area (Å²) < 4.78 is 11.2. The van der Waals surface area contributed by atoms with Crippen molar-refractivity contribution in [3.8, 4) is 5.75 Å². The van der Waals surface area contributed by atoms with Crippen molar-refractivity contribution in [3.63, 3.8) is 0 Å². The van der Waals surface area contributed by atoms with Crippen molar-refractivity contribution in [1.29, 1.82) is 0 Å². The van der Waals surface area contributed by atoms with Gasteiger partial charge in [-0.05, 0) is 42.4 Å². The zero-order valence-electron chi connectivity index (χ0n) is 13.2. The molecule has 0 radical (unpaired) electrons. The summed E-state index contributed by atoms with van der Waals surface area (Å²) in [5.41, 5.74) is 2.48. The molecule has 1 aliphatic rings. The minimum absolute atomic E-state index is 0.118. The number of aryl methyl sites for hydroxylation is 1. The Balaban J connectivity index is 1.94. The molecule has 2 unspecified atom stereocenters. The lowest BCUT2D eigenvalue weighted by Crippen LogP contribution is -2.23. The van der Waals surface area contributed by atoms with Crippen LogP contribution >= 0.6 is 0 Å². The monoisotopic (exact) mass is 292 g/mol. The van der Waals surface area contributed by atoms with E-state index < -0.39 is 12.1 Å². The van der Waals surface area contributed by atoms with Crippen LogP contribution in [0, 0.1) is 6.92 Å². The summed E-state index contributed by atoms with van der Waals surface area (Å²) in [7, 11) is 0. The topological polar surface area (TPSA) is 55.8 Å². The number of rotatable bonds is 4. The second kappa shape index (κ2) is 6.06. The Morgan fingerprint density at radius 2 is 2.10 bits per heavy atom. The smallest absolute Gasteiger partial charge is 0.332 e. The molecule has 0 aliphatic carbocycles. The van der Waals surface area contributed by atoms with E-state index in [0.29, 0.717) is 13.0 Å². The van der Waals surface area contributed by atoms with Gasteiger partial charge >= 0.3 is 5.97 Å². The minimum atomic E-state index is -0.886. The van der Waals surface area contributed by atoms with E-state index in [0.717, 1.165) is 17.7 Å². The second-order valence-electron chi connectivity index (χ2n) is 6.70. The molecule has 2 atom stereocenters. The zero-order valence-corrected chi connectivity index (χ0v) is 13.2. The maximum atomic E-state index is 10.8. The highest BCUT2D eigenvalue weighted by atomic mass is 16.6. The van der Waals surface area contributed by atoms with E-state index in [-0.39, 0.29) is 11.5 Å². The van der Waals surface area contributed by atoms with Crippen molar-refractivity contribution < 1.29 is 19.4 Å². The van der Waals surface area contributed by atoms with Gasteiger partial charge in [-0.25, -0.2) is 4.79 Å². The van der Waals surface area contributed by atoms with Crippen LogP contribution in [0.2, 0.25) is 0 Å². The van der Waals surface area contributed by atoms with Crippen LogP contribution in [0.4, 0.5) is 0 Å². The number of carboxylic acid groups (broad SMARTS) is 1. The van der Waals surface area contributed by atoms with E-state index in [2.05, 4.69) is 32.9 Å². The Morgan fingerprint density at radius 3 is 2.62 bits per heavy atom. The lowest BCUT2D eigenvalue weighted by Gasteiger charge is -2.21. The van der Waals surface area contributed by atoms with Crippen LogP contribution in [-0.4, -0.2) is 29.9 Å². The van der Waals surface area contributed by atoms with Crippen LogP contribution in [0.5, 0.6) is 5.75 Å². The predicted molar refractivity (Wildman–Crippen MR) is 80.9 cm³/mol. The molecular formula is C17H24O4. The number of hydrogen-bond acceptors (Lipinski definition) is 3. The zero-order chi connectivity index (χ0) is 15.6. The molecule has 1 N–H and O–H groups in total. The fourth-order valence-corrected chi connectivity index (χ4v) is 2.47. The third-order valence-corrected chi connectivity index (χ3v) is 3.85. The van der Waals surface area contributed by atoms with Crippen LogP contribution < -0.4 is 4.74 Å². The first-order valence-corrected chi connectivity index (χ1v) is 7.39. The van der Waals surface area contributed by atoms with Crippen LogP contribution in [-0.2, 0) is 14.9 Å². The molecule has 4 heteroatoms. The first kappa shape index (κ1) is 15.8. The van der Waals surface area contributed by atoms with E-state index in [1.54, 1.807) is 0 Å². The summed E-state index contributed by atoms with van der Waals surface area (Å²) in [5.74, 6) is -0.0476. The molecule has 0 aromatic heterocycles. The molecule has 0 bridgehead atoms. The van der Waals surface area contributed by atoms with E-state index >= 15 is 0 Å². The standard InChI is InChI=1S/C17H24O4/c1-11-9-12(17(2,3)4)5-7-14(11)20-10-13-6-8-15(21-13)16(18)19/h5,7,9,13,15H,6,8,10H2,1-4H3,(H,18,19). The Morgan fingerprint density at radius 1 is 1.38 bits per heavy atom. The van der Waals surface area contributed by atoms with E-state index in [9.17, 15) is 4.79 Å². The van der Waals surface area contributed by atoms with Gasteiger partial charge < -0.3 is 14.6 Å². The number of hydrogen-bond donors (Lipinski definition) is 1. The first-order valence-electron chi connectivity index (χ1n) is 7.39. The van der Waals surface area contributed by atoms with Gasteiger partial charge in [-0.1, -0.05) is 32.9 Å². The molecule has 1 heterocycles. The van der Waals surface area contributed by atoms with Gasteiger partial charge in [0.05, 0.1) is 6.10 Å². The lowest BCUT2D eigenvalue weighted by atomic mass is 9.86. The molecule has 4 nitrogen and oxygen atoms in total. The normalized spacial score (nSPS) is 22.3. The highest BCUT2D eigenvalue weighted by Crippen LogP contribution is 2.28. The fourth-order valence-electron chi connectivity index (χ4n) is 2.47. The Labute approximate surface area is 126 Å². The first-order chi connectivity index (χ1) is 9.77. The van der Waals surface area contributed by atoms with E-state index in [1.807, 2.05) is 13.0 Å². The van der Waals surface area contributed by atoms with Crippen molar-refractivity contribution in [3.05, 3.63) is 29.3 Å². The van der Waals surface area contributed by atoms with Gasteiger partial charge in [0.2, 0.25) is 0 Å². The van der Waals surface area contributed by atoms with Crippen LogP contribution in [0.25, 0.3) is 0 Å². The van der Waals surface area contributed by atoms with Crippen molar-refractivity contribution in [2.24, 2.45) is 0 Å². The molecule has 21 heavy (non-hydrogen) atoms. The highest BCUT2D eigenvalue weighted by Gasteiger charge is 2.30. The largest absolute Gasteiger partial charge is 0.491 e. The molecule has 116 valence electrons. The van der Waals surface area contributed by atoms with Crippen molar-refractivity contribution in [1.82, 2.24) is 0 Å². The van der Waals surface area contributed by atoms with Gasteiger partial charge in [0.15, 0.2) is 6.10 Å². The second-order valence-corrected chi connectivity index (χ2v) is 6.70. The molecule has 2 rings (SSSR count). The molecule has 1 aromatic carbocycles.